The van der Waals surface area contributed by atoms with Crippen LogP contribution in [-0.4, -0.2) is 37.1 Å². The highest BCUT2D eigenvalue weighted by atomic mass is 19.1. The van der Waals surface area contributed by atoms with Crippen molar-refractivity contribution >= 4 is 11.7 Å². The molecule has 1 aliphatic heterocycles. The summed E-state index contributed by atoms with van der Waals surface area (Å²) < 4.78 is 26.2. The molecule has 136 valence electrons. The van der Waals surface area contributed by atoms with E-state index in [4.69, 9.17) is 0 Å². The van der Waals surface area contributed by atoms with Gasteiger partial charge < -0.3 is 15.1 Å². The Kier molecular flexibility index (Phi) is 4.26. The van der Waals surface area contributed by atoms with Gasteiger partial charge in [-0.05, 0) is 54.8 Å². The molecule has 0 bridgehead atoms. The smallest absolute Gasteiger partial charge is 0.318 e. The molecular formula is C20H21F2N3O. The number of benzene rings is 2. The maximum Gasteiger partial charge on any atom is 0.318 e. The van der Waals surface area contributed by atoms with Gasteiger partial charge in [-0.3, -0.25) is 0 Å². The second kappa shape index (κ2) is 6.59. The van der Waals surface area contributed by atoms with Crippen LogP contribution < -0.4 is 10.2 Å². The van der Waals surface area contributed by atoms with Crippen molar-refractivity contribution in [3.05, 3.63) is 65.7 Å². The van der Waals surface area contributed by atoms with Gasteiger partial charge in [-0.15, -0.1) is 0 Å². The highest BCUT2D eigenvalue weighted by molar-refractivity contribution is 5.76. The normalized spacial score (nSPS) is 18.5. The first-order chi connectivity index (χ1) is 12.6. The monoisotopic (exact) mass is 357 g/mol. The largest absolute Gasteiger partial charge is 0.368 e. The lowest BCUT2D eigenvalue weighted by atomic mass is 10.1. The zero-order valence-corrected chi connectivity index (χ0v) is 14.4. The van der Waals surface area contributed by atoms with Gasteiger partial charge in [0.2, 0.25) is 0 Å². The molecule has 1 heterocycles. The van der Waals surface area contributed by atoms with Crippen LogP contribution in [0.2, 0.25) is 0 Å². The molecule has 6 heteroatoms. The molecule has 2 aliphatic rings. The Labute approximate surface area is 151 Å². The average molecular weight is 357 g/mol. The molecule has 1 saturated heterocycles. The van der Waals surface area contributed by atoms with Crippen LogP contribution in [0.15, 0.2) is 48.5 Å². The van der Waals surface area contributed by atoms with E-state index < -0.39 is 0 Å². The highest BCUT2D eigenvalue weighted by Gasteiger charge is 2.46. The number of nitrogens with zero attached hydrogens (tertiary/aromatic N) is 2. The summed E-state index contributed by atoms with van der Waals surface area (Å²) in [4.78, 5) is 16.6. The molecule has 26 heavy (non-hydrogen) atoms. The molecule has 0 spiro atoms. The summed E-state index contributed by atoms with van der Waals surface area (Å²) in [6.07, 6.45) is 1.75. The summed E-state index contributed by atoms with van der Waals surface area (Å²) in [5.41, 5.74) is 1.58. The standard InChI is InChI=1S/C20H21F2N3O/c21-16-3-1-15(2-4-16)20(9-10-20)23-19(26)25-13-11-24(12-14-25)18-7-5-17(22)6-8-18/h1-8H,9-14H2,(H,23,26). The molecule has 4 rings (SSSR count). The fraction of sp³-hybridized carbons (Fsp3) is 0.350. The molecule has 1 saturated carbocycles. The molecular weight excluding hydrogens is 336 g/mol. The number of halogens is 2. The molecule has 0 atom stereocenters. The number of carbonyl (C=O) groups excluding carboxylic acids is 1. The van der Waals surface area contributed by atoms with Crippen molar-refractivity contribution in [2.24, 2.45) is 0 Å². The number of anilines is 1. The molecule has 1 N–H and O–H groups in total. The van der Waals surface area contributed by atoms with Crippen molar-refractivity contribution in [1.82, 2.24) is 10.2 Å². The van der Waals surface area contributed by atoms with Crippen molar-refractivity contribution < 1.29 is 13.6 Å². The molecule has 2 fully saturated rings. The van der Waals surface area contributed by atoms with E-state index in [1.165, 1.54) is 24.3 Å². The summed E-state index contributed by atoms with van der Waals surface area (Å²) in [5.74, 6) is -0.518. The Balaban J connectivity index is 1.35. The number of amides is 2. The lowest BCUT2D eigenvalue weighted by molar-refractivity contribution is 0.189. The number of hydrogen-bond acceptors (Lipinski definition) is 2. The molecule has 4 nitrogen and oxygen atoms in total. The van der Waals surface area contributed by atoms with Gasteiger partial charge in [0.15, 0.2) is 0 Å². The minimum Gasteiger partial charge on any atom is -0.368 e. The summed E-state index contributed by atoms with van der Waals surface area (Å²) in [6.45, 7) is 2.65. The molecule has 2 aromatic carbocycles. The van der Waals surface area contributed by atoms with Crippen LogP contribution in [0.4, 0.5) is 19.3 Å². The van der Waals surface area contributed by atoms with Crippen molar-refractivity contribution in [1.29, 1.82) is 0 Å². The Morgan fingerprint density at radius 3 is 1.92 bits per heavy atom. The Morgan fingerprint density at radius 2 is 1.38 bits per heavy atom. The van der Waals surface area contributed by atoms with Crippen LogP contribution in [0.3, 0.4) is 0 Å². The first-order valence-electron chi connectivity index (χ1n) is 8.89. The second-order valence-electron chi connectivity index (χ2n) is 6.97. The van der Waals surface area contributed by atoms with Gasteiger partial charge in [-0.2, -0.15) is 0 Å². The predicted molar refractivity (Wildman–Crippen MR) is 96.0 cm³/mol. The molecule has 0 radical (unpaired) electrons. The van der Waals surface area contributed by atoms with Crippen molar-refractivity contribution in [3.63, 3.8) is 0 Å². The van der Waals surface area contributed by atoms with E-state index in [9.17, 15) is 13.6 Å². The summed E-state index contributed by atoms with van der Waals surface area (Å²) in [5, 5.41) is 3.13. The average Bonchev–Trinajstić information content (AvgIpc) is 3.43. The topological polar surface area (TPSA) is 35.6 Å². The van der Waals surface area contributed by atoms with Crippen molar-refractivity contribution in [3.8, 4) is 0 Å². The zero-order valence-electron chi connectivity index (χ0n) is 14.4. The van der Waals surface area contributed by atoms with Gasteiger partial charge in [0.1, 0.15) is 11.6 Å². The highest BCUT2D eigenvalue weighted by Crippen LogP contribution is 2.45. The quantitative estimate of drug-likeness (QED) is 0.913. The lowest BCUT2D eigenvalue weighted by Crippen LogP contribution is -2.53. The molecule has 0 aromatic heterocycles. The van der Waals surface area contributed by atoms with E-state index in [0.717, 1.165) is 24.1 Å². The minimum absolute atomic E-state index is 0.0782. The molecule has 2 amide bonds. The fourth-order valence-electron chi connectivity index (χ4n) is 3.48. The van der Waals surface area contributed by atoms with Gasteiger partial charge >= 0.3 is 6.03 Å². The number of urea groups is 1. The summed E-state index contributed by atoms with van der Waals surface area (Å²) in [6, 6.07) is 12.7. The van der Waals surface area contributed by atoms with Crippen LogP contribution in [0, 0.1) is 11.6 Å². The lowest BCUT2D eigenvalue weighted by Gasteiger charge is -2.37. The van der Waals surface area contributed by atoms with E-state index in [2.05, 4.69) is 10.2 Å². The van der Waals surface area contributed by atoms with Crippen molar-refractivity contribution in [2.45, 2.75) is 18.4 Å². The number of carbonyl (C=O) groups is 1. The summed E-state index contributed by atoms with van der Waals surface area (Å²) in [7, 11) is 0. The van der Waals surface area contributed by atoms with Gasteiger partial charge in [0.25, 0.3) is 0 Å². The molecule has 2 aromatic rings. The van der Waals surface area contributed by atoms with Crippen LogP contribution in [0.5, 0.6) is 0 Å². The predicted octanol–water partition coefficient (Wildman–Crippen LogP) is 3.49. The van der Waals surface area contributed by atoms with Gasteiger partial charge in [0.05, 0.1) is 5.54 Å². The van der Waals surface area contributed by atoms with E-state index in [0.29, 0.717) is 26.2 Å². The third-order valence-electron chi connectivity index (χ3n) is 5.25. The third kappa shape index (κ3) is 3.36. The number of rotatable bonds is 3. The van der Waals surface area contributed by atoms with Gasteiger partial charge in [0, 0.05) is 31.9 Å². The first kappa shape index (κ1) is 16.8. The fourth-order valence-corrected chi connectivity index (χ4v) is 3.48. The summed E-state index contributed by atoms with van der Waals surface area (Å²) >= 11 is 0. The zero-order chi connectivity index (χ0) is 18.1. The Hall–Kier alpha value is -2.63. The first-order valence-corrected chi connectivity index (χ1v) is 8.89. The SMILES string of the molecule is O=C(NC1(c2ccc(F)cc2)CC1)N1CCN(c2ccc(F)cc2)CC1. The maximum atomic E-state index is 13.1. The van der Waals surface area contributed by atoms with Crippen LogP contribution in [0.1, 0.15) is 18.4 Å². The van der Waals surface area contributed by atoms with E-state index >= 15 is 0 Å². The Morgan fingerprint density at radius 1 is 0.846 bits per heavy atom. The van der Waals surface area contributed by atoms with Crippen LogP contribution >= 0.6 is 0 Å². The minimum atomic E-state index is -0.348. The maximum absolute atomic E-state index is 13.1. The number of piperazine rings is 1. The van der Waals surface area contributed by atoms with Gasteiger partial charge in [-0.25, -0.2) is 13.6 Å². The molecule has 1 aliphatic carbocycles. The number of hydrogen-bond donors (Lipinski definition) is 1. The Bertz CT molecular complexity index is 780. The van der Waals surface area contributed by atoms with Crippen LogP contribution in [0.25, 0.3) is 0 Å². The van der Waals surface area contributed by atoms with E-state index in [-0.39, 0.29) is 23.2 Å². The molecule has 0 unspecified atom stereocenters. The third-order valence-corrected chi connectivity index (χ3v) is 5.25. The van der Waals surface area contributed by atoms with Crippen LogP contribution in [-0.2, 0) is 5.54 Å². The van der Waals surface area contributed by atoms with E-state index in [1.54, 1.807) is 24.3 Å². The van der Waals surface area contributed by atoms with E-state index in [1.807, 2.05) is 4.90 Å². The second-order valence-corrected chi connectivity index (χ2v) is 6.97. The van der Waals surface area contributed by atoms with Gasteiger partial charge in [-0.1, -0.05) is 12.1 Å². The number of nitrogens with one attached hydrogen (secondary N) is 1. The van der Waals surface area contributed by atoms with Crippen molar-refractivity contribution in [2.75, 3.05) is 31.1 Å².